The fourth-order valence-electron chi connectivity index (χ4n) is 2.63. The number of thioether (sulfide) groups is 1. The maximum Gasteiger partial charge on any atom is 0.191 e. The van der Waals surface area contributed by atoms with Gasteiger partial charge in [-0.25, -0.2) is 13.8 Å². The Balaban J connectivity index is 0.00000264. The lowest BCUT2D eigenvalue weighted by molar-refractivity contribution is 0.584. The Morgan fingerprint density at radius 3 is 2.78 bits per heavy atom. The zero-order chi connectivity index (χ0) is 15.9. The summed E-state index contributed by atoms with van der Waals surface area (Å²) in [5.41, 5.74) is 0.269. The highest BCUT2D eigenvalue weighted by atomic mass is 127. The molecular weight excluding hydrogens is 431 g/mol. The van der Waals surface area contributed by atoms with Crippen molar-refractivity contribution in [3.63, 3.8) is 0 Å². The van der Waals surface area contributed by atoms with Gasteiger partial charge in [-0.2, -0.15) is 11.8 Å². The van der Waals surface area contributed by atoms with Crippen LogP contribution in [0.15, 0.2) is 23.2 Å². The summed E-state index contributed by atoms with van der Waals surface area (Å²) in [6, 6.07) is 3.85. The zero-order valence-electron chi connectivity index (χ0n) is 13.4. The number of nitrogens with one attached hydrogen (secondary N) is 2. The summed E-state index contributed by atoms with van der Waals surface area (Å²) >= 11 is 1.90. The van der Waals surface area contributed by atoms with Gasteiger partial charge in [-0.05, 0) is 50.6 Å². The van der Waals surface area contributed by atoms with Crippen LogP contribution in [0.25, 0.3) is 0 Å². The summed E-state index contributed by atoms with van der Waals surface area (Å²) in [6.07, 6.45) is 5.57. The van der Waals surface area contributed by atoms with Gasteiger partial charge in [0, 0.05) is 23.4 Å². The Bertz CT molecular complexity index is 528. The molecule has 3 nitrogen and oxygen atoms in total. The van der Waals surface area contributed by atoms with Crippen molar-refractivity contribution in [3.05, 3.63) is 35.4 Å². The second kappa shape index (κ2) is 10.3. The lowest BCUT2D eigenvalue weighted by Crippen LogP contribution is -2.42. The number of aliphatic imine (C=N–C) groups is 1. The van der Waals surface area contributed by atoms with Crippen LogP contribution < -0.4 is 10.6 Å². The first-order valence-electron chi connectivity index (χ1n) is 7.64. The normalized spacial score (nSPS) is 21.0. The van der Waals surface area contributed by atoms with E-state index in [2.05, 4.69) is 21.9 Å². The van der Waals surface area contributed by atoms with Crippen LogP contribution in [-0.4, -0.2) is 30.1 Å². The van der Waals surface area contributed by atoms with Gasteiger partial charge in [0.25, 0.3) is 0 Å². The molecule has 2 rings (SSSR count). The molecule has 0 saturated heterocycles. The SMILES string of the molecule is CCNC(=NCc1cc(F)ccc1F)NC1CCC(SC)C1.I. The molecule has 0 aromatic heterocycles. The van der Waals surface area contributed by atoms with Crippen molar-refractivity contribution < 1.29 is 8.78 Å². The Kier molecular flexibility index (Phi) is 9.19. The predicted octanol–water partition coefficient (Wildman–Crippen LogP) is 3.92. The Morgan fingerprint density at radius 1 is 1.35 bits per heavy atom. The minimum atomic E-state index is -0.442. The highest BCUT2D eigenvalue weighted by Crippen LogP contribution is 2.28. The van der Waals surface area contributed by atoms with Crippen LogP contribution in [0, 0.1) is 11.6 Å². The number of benzene rings is 1. The molecule has 0 amide bonds. The average Bonchev–Trinajstić information content (AvgIpc) is 2.96. The largest absolute Gasteiger partial charge is 0.357 e. The molecule has 0 aliphatic heterocycles. The molecule has 0 spiro atoms. The van der Waals surface area contributed by atoms with Gasteiger partial charge in [-0.3, -0.25) is 0 Å². The van der Waals surface area contributed by atoms with E-state index in [9.17, 15) is 8.78 Å². The summed E-state index contributed by atoms with van der Waals surface area (Å²) in [5, 5.41) is 7.25. The van der Waals surface area contributed by atoms with E-state index >= 15 is 0 Å². The van der Waals surface area contributed by atoms with Crippen molar-refractivity contribution in [2.24, 2.45) is 4.99 Å². The number of rotatable bonds is 5. The number of hydrogen-bond donors (Lipinski definition) is 2. The van der Waals surface area contributed by atoms with Crippen molar-refractivity contribution in [3.8, 4) is 0 Å². The third-order valence-electron chi connectivity index (χ3n) is 3.82. The first-order valence-corrected chi connectivity index (χ1v) is 8.92. The van der Waals surface area contributed by atoms with E-state index in [-0.39, 0.29) is 36.1 Å². The zero-order valence-corrected chi connectivity index (χ0v) is 16.6. The molecule has 0 bridgehead atoms. The Morgan fingerprint density at radius 2 is 2.13 bits per heavy atom. The van der Waals surface area contributed by atoms with Crippen LogP contribution in [0.3, 0.4) is 0 Å². The van der Waals surface area contributed by atoms with E-state index in [1.165, 1.54) is 12.5 Å². The molecular formula is C16H24F2IN3S. The van der Waals surface area contributed by atoms with Crippen molar-refractivity contribution in [1.29, 1.82) is 0 Å². The minimum Gasteiger partial charge on any atom is -0.357 e. The van der Waals surface area contributed by atoms with Crippen LogP contribution in [0.4, 0.5) is 8.78 Å². The molecule has 1 aliphatic carbocycles. The molecule has 0 heterocycles. The van der Waals surface area contributed by atoms with Crippen LogP contribution in [-0.2, 0) is 6.54 Å². The maximum absolute atomic E-state index is 13.6. The molecule has 0 radical (unpaired) electrons. The molecule has 23 heavy (non-hydrogen) atoms. The fourth-order valence-corrected chi connectivity index (χ4v) is 3.42. The summed E-state index contributed by atoms with van der Waals surface area (Å²) in [6.45, 7) is 2.84. The van der Waals surface area contributed by atoms with Crippen LogP contribution >= 0.6 is 35.7 Å². The Hall–Kier alpha value is -0.570. The molecule has 130 valence electrons. The number of hydrogen-bond acceptors (Lipinski definition) is 2. The van der Waals surface area contributed by atoms with E-state index in [1.54, 1.807) is 0 Å². The second-order valence-corrected chi connectivity index (χ2v) is 6.58. The van der Waals surface area contributed by atoms with Crippen LogP contribution in [0.2, 0.25) is 0 Å². The molecule has 7 heteroatoms. The average molecular weight is 455 g/mol. The molecule has 1 saturated carbocycles. The minimum absolute atomic E-state index is 0. The van der Waals surface area contributed by atoms with E-state index < -0.39 is 11.6 Å². The van der Waals surface area contributed by atoms with E-state index in [0.29, 0.717) is 17.3 Å². The molecule has 2 unspecified atom stereocenters. The van der Waals surface area contributed by atoms with E-state index in [0.717, 1.165) is 31.5 Å². The maximum atomic E-state index is 13.6. The van der Waals surface area contributed by atoms with Gasteiger partial charge in [-0.15, -0.1) is 24.0 Å². The van der Waals surface area contributed by atoms with Gasteiger partial charge in [0.2, 0.25) is 0 Å². The van der Waals surface area contributed by atoms with Gasteiger partial charge in [0.05, 0.1) is 6.54 Å². The summed E-state index contributed by atoms with van der Waals surface area (Å²) in [5.74, 6) is -0.203. The second-order valence-electron chi connectivity index (χ2n) is 5.44. The molecule has 2 N–H and O–H groups in total. The monoisotopic (exact) mass is 455 g/mol. The summed E-state index contributed by atoms with van der Waals surface area (Å²) in [7, 11) is 0. The van der Waals surface area contributed by atoms with Gasteiger partial charge in [0.1, 0.15) is 11.6 Å². The van der Waals surface area contributed by atoms with Gasteiger partial charge >= 0.3 is 0 Å². The number of guanidine groups is 1. The molecule has 1 aromatic rings. The standard InChI is InChI=1S/C16H23F2N3S.HI/c1-3-19-16(21-13-5-6-14(9-13)22-2)20-10-11-8-12(17)4-7-15(11)18;/h4,7-8,13-14H,3,5-6,9-10H2,1-2H3,(H2,19,20,21);1H. The van der Waals surface area contributed by atoms with Crippen molar-refractivity contribution >= 4 is 41.7 Å². The van der Waals surface area contributed by atoms with E-state index in [4.69, 9.17) is 0 Å². The highest BCUT2D eigenvalue weighted by Gasteiger charge is 2.24. The third kappa shape index (κ3) is 6.45. The first-order chi connectivity index (χ1) is 10.6. The van der Waals surface area contributed by atoms with Crippen LogP contribution in [0.5, 0.6) is 0 Å². The smallest absolute Gasteiger partial charge is 0.191 e. The Labute approximate surface area is 158 Å². The number of halogens is 3. The van der Waals surface area contributed by atoms with Gasteiger partial charge in [-0.1, -0.05) is 0 Å². The van der Waals surface area contributed by atoms with E-state index in [1.807, 2.05) is 18.7 Å². The quantitative estimate of drug-likeness (QED) is 0.402. The fraction of sp³-hybridized carbons (Fsp3) is 0.562. The molecule has 1 aromatic carbocycles. The van der Waals surface area contributed by atoms with Gasteiger partial charge < -0.3 is 10.6 Å². The lowest BCUT2D eigenvalue weighted by atomic mass is 10.2. The van der Waals surface area contributed by atoms with Crippen molar-refractivity contribution in [2.75, 3.05) is 12.8 Å². The number of nitrogens with zero attached hydrogens (tertiary/aromatic N) is 1. The third-order valence-corrected chi connectivity index (χ3v) is 4.91. The van der Waals surface area contributed by atoms with Crippen molar-refractivity contribution in [1.82, 2.24) is 10.6 Å². The van der Waals surface area contributed by atoms with Gasteiger partial charge in [0.15, 0.2) is 5.96 Å². The highest BCUT2D eigenvalue weighted by molar-refractivity contribution is 14.0. The summed E-state index contributed by atoms with van der Waals surface area (Å²) < 4.78 is 26.8. The molecule has 2 atom stereocenters. The lowest BCUT2D eigenvalue weighted by Gasteiger charge is -2.17. The topological polar surface area (TPSA) is 36.4 Å². The summed E-state index contributed by atoms with van der Waals surface area (Å²) in [4.78, 5) is 4.38. The molecule has 1 aliphatic rings. The first kappa shape index (κ1) is 20.5. The van der Waals surface area contributed by atoms with Crippen molar-refractivity contribution in [2.45, 2.75) is 44.0 Å². The van der Waals surface area contributed by atoms with Crippen LogP contribution in [0.1, 0.15) is 31.7 Å². The predicted molar refractivity (Wildman–Crippen MR) is 105 cm³/mol. The molecule has 1 fully saturated rings.